The van der Waals surface area contributed by atoms with E-state index in [9.17, 15) is 9.90 Å². The number of amides is 1. The van der Waals surface area contributed by atoms with Crippen molar-refractivity contribution in [1.82, 2.24) is 10.3 Å². The lowest BCUT2D eigenvalue weighted by molar-refractivity contribution is 0.0674. The summed E-state index contributed by atoms with van der Waals surface area (Å²) in [6.07, 6.45) is 2.39. The Morgan fingerprint density at radius 2 is 1.96 bits per heavy atom. The highest BCUT2D eigenvalue weighted by atomic mass is 32.1. The maximum Gasteiger partial charge on any atom is 0.271 e. The van der Waals surface area contributed by atoms with Crippen LogP contribution < -0.4 is 10.6 Å². The van der Waals surface area contributed by atoms with E-state index in [-0.39, 0.29) is 11.9 Å². The summed E-state index contributed by atoms with van der Waals surface area (Å²) >= 11 is 1.41. The number of hydrogen-bond donors (Lipinski definition) is 3. The Labute approximate surface area is 169 Å². The van der Waals surface area contributed by atoms with Crippen molar-refractivity contribution in [2.75, 3.05) is 5.32 Å². The number of thiazole rings is 1. The van der Waals surface area contributed by atoms with Gasteiger partial charge in [-0.05, 0) is 51.5 Å². The number of nitrogens with zero attached hydrogens (tertiary/aromatic N) is 1. The van der Waals surface area contributed by atoms with Crippen LogP contribution in [-0.4, -0.2) is 27.6 Å². The third-order valence-corrected chi connectivity index (χ3v) is 5.33. The Balaban J connectivity index is 1.59. The number of carbonyl (C=O) groups is 1. The molecule has 0 aliphatic heterocycles. The largest absolute Gasteiger partial charge is 0.390 e. The van der Waals surface area contributed by atoms with E-state index >= 15 is 0 Å². The van der Waals surface area contributed by atoms with Crippen LogP contribution in [0.1, 0.15) is 50.5 Å². The van der Waals surface area contributed by atoms with Gasteiger partial charge in [0.1, 0.15) is 5.69 Å². The zero-order valence-corrected chi connectivity index (χ0v) is 17.3. The molecule has 0 aliphatic carbocycles. The molecule has 0 saturated heterocycles. The van der Waals surface area contributed by atoms with Gasteiger partial charge < -0.3 is 15.7 Å². The first-order valence-corrected chi connectivity index (χ1v) is 10.4. The Morgan fingerprint density at radius 3 is 2.75 bits per heavy atom. The molecule has 1 atom stereocenters. The molecule has 0 aliphatic rings. The summed E-state index contributed by atoms with van der Waals surface area (Å²) in [6, 6.07) is 14.3. The molecule has 0 radical (unpaired) electrons. The van der Waals surface area contributed by atoms with Gasteiger partial charge in [-0.25, -0.2) is 4.98 Å². The van der Waals surface area contributed by atoms with Crippen molar-refractivity contribution in [3.63, 3.8) is 0 Å². The minimum absolute atomic E-state index is 0.0334. The van der Waals surface area contributed by atoms with Gasteiger partial charge in [-0.2, -0.15) is 0 Å². The van der Waals surface area contributed by atoms with Gasteiger partial charge in [0.25, 0.3) is 5.91 Å². The number of anilines is 2. The zero-order valence-electron chi connectivity index (χ0n) is 16.5. The van der Waals surface area contributed by atoms with Crippen LogP contribution in [0.25, 0.3) is 10.8 Å². The minimum atomic E-state index is -0.666. The van der Waals surface area contributed by atoms with Gasteiger partial charge in [0, 0.05) is 22.5 Å². The molecule has 3 rings (SSSR count). The molecule has 1 aromatic heterocycles. The summed E-state index contributed by atoms with van der Waals surface area (Å²) in [6.45, 7) is 5.58. The van der Waals surface area contributed by atoms with Crippen molar-refractivity contribution in [1.29, 1.82) is 0 Å². The van der Waals surface area contributed by atoms with E-state index in [0.717, 1.165) is 29.3 Å². The predicted octanol–water partition coefficient (Wildman–Crippen LogP) is 5.10. The van der Waals surface area contributed by atoms with E-state index in [4.69, 9.17) is 0 Å². The molecule has 3 N–H and O–H groups in total. The second-order valence-corrected chi connectivity index (χ2v) is 8.63. The lowest BCUT2D eigenvalue weighted by Gasteiger charge is -2.18. The van der Waals surface area contributed by atoms with Crippen molar-refractivity contribution < 1.29 is 9.90 Å². The van der Waals surface area contributed by atoms with Crippen molar-refractivity contribution in [3.8, 4) is 0 Å². The van der Waals surface area contributed by atoms with Crippen molar-refractivity contribution in [3.05, 3.63) is 53.5 Å². The Hall–Kier alpha value is -2.44. The molecule has 1 heterocycles. The van der Waals surface area contributed by atoms with Crippen LogP contribution in [0.2, 0.25) is 0 Å². The lowest BCUT2D eigenvalue weighted by atomic mass is 10.00. The molecule has 5 nitrogen and oxygen atoms in total. The SMILES string of the molecule is CC(CCCC(C)(C)O)NC(=O)c1csc(Nc2cccc3ccccc23)n1. The van der Waals surface area contributed by atoms with Gasteiger partial charge in [0.2, 0.25) is 0 Å². The van der Waals surface area contributed by atoms with E-state index in [0.29, 0.717) is 17.2 Å². The molecule has 0 saturated carbocycles. The fraction of sp³-hybridized carbons (Fsp3) is 0.364. The van der Waals surface area contributed by atoms with E-state index in [1.54, 1.807) is 19.2 Å². The van der Waals surface area contributed by atoms with Crippen LogP contribution in [0.3, 0.4) is 0 Å². The highest BCUT2D eigenvalue weighted by molar-refractivity contribution is 7.14. The van der Waals surface area contributed by atoms with Crippen LogP contribution in [0, 0.1) is 0 Å². The summed E-state index contributed by atoms with van der Waals surface area (Å²) in [5.74, 6) is -0.169. The van der Waals surface area contributed by atoms with Crippen LogP contribution in [0.4, 0.5) is 10.8 Å². The van der Waals surface area contributed by atoms with Crippen LogP contribution in [0.15, 0.2) is 47.8 Å². The lowest BCUT2D eigenvalue weighted by Crippen LogP contribution is -2.33. The maximum atomic E-state index is 12.4. The topological polar surface area (TPSA) is 74.2 Å². The number of benzene rings is 2. The molecule has 148 valence electrons. The quantitative estimate of drug-likeness (QED) is 0.494. The molecular formula is C22H27N3O2S. The third-order valence-electron chi connectivity index (χ3n) is 4.57. The molecule has 1 amide bonds. The maximum absolute atomic E-state index is 12.4. The van der Waals surface area contributed by atoms with Gasteiger partial charge in [0.05, 0.1) is 5.60 Å². The van der Waals surface area contributed by atoms with Crippen LogP contribution in [0.5, 0.6) is 0 Å². The second-order valence-electron chi connectivity index (χ2n) is 7.77. The van der Waals surface area contributed by atoms with E-state index in [1.807, 2.05) is 31.2 Å². The van der Waals surface area contributed by atoms with Gasteiger partial charge >= 0.3 is 0 Å². The molecule has 28 heavy (non-hydrogen) atoms. The number of fused-ring (bicyclic) bond motifs is 1. The monoisotopic (exact) mass is 397 g/mol. The molecule has 1 unspecified atom stereocenters. The van der Waals surface area contributed by atoms with Crippen LogP contribution >= 0.6 is 11.3 Å². The smallest absolute Gasteiger partial charge is 0.271 e. The number of nitrogens with one attached hydrogen (secondary N) is 2. The number of carbonyl (C=O) groups excluding carboxylic acids is 1. The highest BCUT2D eigenvalue weighted by Crippen LogP contribution is 2.28. The first kappa shape index (κ1) is 20.3. The summed E-state index contributed by atoms with van der Waals surface area (Å²) in [7, 11) is 0. The zero-order chi connectivity index (χ0) is 20.1. The first-order chi connectivity index (χ1) is 13.3. The van der Waals surface area contributed by atoms with Crippen molar-refractivity contribution >= 4 is 38.8 Å². The number of aliphatic hydroxyl groups is 1. The summed E-state index contributed by atoms with van der Waals surface area (Å²) in [4.78, 5) is 16.9. The van der Waals surface area contributed by atoms with Gasteiger partial charge in [-0.3, -0.25) is 4.79 Å². The van der Waals surface area contributed by atoms with Gasteiger partial charge in [-0.1, -0.05) is 36.4 Å². The fourth-order valence-electron chi connectivity index (χ4n) is 3.10. The van der Waals surface area contributed by atoms with Gasteiger partial charge in [-0.15, -0.1) is 11.3 Å². The Kier molecular flexibility index (Phi) is 6.31. The van der Waals surface area contributed by atoms with Gasteiger partial charge in [0.15, 0.2) is 5.13 Å². The second kappa shape index (κ2) is 8.71. The Morgan fingerprint density at radius 1 is 1.21 bits per heavy atom. The fourth-order valence-corrected chi connectivity index (χ4v) is 3.80. The summed E-state index contributed by atoms with van der Waals surface area (Å²) in [5.41, 5.74) is 0.724. The number of rotatable bonds is 8. The molecule has 0 fully saturated rings. The number of hydrogen-bond acceptors (Lipinski definition) is 5. The average molecular weight is 398 g/mol. The highest BCUT2D eigenvalue weighted by Gasteiger charge is 2.16. The molecule has 0 bridgehead atoms. The van der Waals surface area contributed by atoms with Crippen molar-refractivity contribution in [2.24, 2.45) is 0 Å². The summed E-state index contributed by atoms with van der Waals surface area (Å²) in [5, 5.41) is 20.8. The first-order valence-electron chi connectivity index (χ1n) is 9.55. The molecule has 3 aromatic rings. The molecule has 0 spiro atoms. The molecule has 6 heteroatoms. The summed E-state index contributed by atoms with van der Waals surface area (Å²) < 4.78 is 0. The minimum Gasteiger partial charge on any atom is -0.390 e. The van der Waals surface area contributed by atoms with E-state index in [1.165, 1.54) is 11.3 Å². The predicted molar refractivity (Wildman–Crippen MR) is 116 cm³/mol. The van der Waals surface area contributed by atoms with E-state index in [2.05, 4.69) is 33.8 Å². The molecular weight excluding hydrogens is 370 g/mol. The van der Waals surface area contributed by atoms with E-state index < -0.39 is 5.60 Å². The van der Waals surface area contributed by atoms with Crippen molar-refractivity contribution in [2.45, 2.75) is 51.7 Å². The van der Waals surface area contributed by atoms with Crippen LogP contribution in [-0.2, 0) is 0 Å². The number of aromatic nitrogens is 1. The Bertz CT molecular complexity index is 941. The average Bonchev–Trinajstić information content (AvgIpc) is 3.10. The normalized spacial score (nSPS) is 12.7. The standard InChI is InChI=1S/C22H27N3O2S/c1-15(8-7-13-22(2,3)27)23-20(26)19-14-28-21(25-19)24-18-12-6-10-16-9-4-5-11-17(16)18/h4-6,9-12,14-15,27H,7-8,13H2,1-3H3,(H,23,26)(H,24,25). The third kappa shape index (κ3) is 5.53. The molecule has 2 aromatic carbocycles.